The van der Waals surface area contributed by atoms with Gasteiger partial charge in [0.05, 0.1) is 19.6 Å². The molecule has 1 aromatic rings. The van der Waals surface area contributed by atoms with E-state index in [1.54, 1.807) is 10.8 Å². The molecule has 0 aliphatic carbocycles. The van der Waals surface area contributed by atoms with E-state index in [-0.39, 0.29) is 6.61 Å². The summed E-state index contributed by atoms with van der Waals surface area (Å²) in [6, 6.07) is 0. The fourth-order valence-electron chi connectivity index (χ4n) is 0.973. The number of rotatable bonds is 6. The standard InChI is InChI=1S/C10H13F3O2S/c1-2-4-14-8-6-16-7-9(8)15-5-3-10(11,12)13/h6-7H,2-5H2,1H3. The molecule has 0 fully saturated rings. The zero-order valence-electron chi connectivity index (χ0n) is 8.84. The first-order valence-corrected chi connectivity index (χ1v) is 5.85. The van der Waals surface area contributed by atoms with E-state index in [2.05, 4.69) is 0 Å². The van der Waals surface area contributed by atoms with Gasteiger partial charge in [-0.1, -0.05) is 6.92 Å². The van der Waals surface area contributed by atoms with E-state index in [1.807, 2.05) is 6.92 Å². The highest BCUT2D eigenvalue weighted by Gasteiger charge is 2.27. The summed E-state index contributed by atoms with van der Waals surface area (Å²) in [7, 11) is 0. The van der Waals surface area contributed by atoms with Gasteiger partial charge in [-0.2, -0.15) is 13.2 Å². The van der Waals surface area contributed by atoms with Crippen LogP contribution in [0.3, 0.4) is 0 Å². The van der Waals surface area contributed by atoms with Crippen LogP contribution in [0.25, 0.3) is 0 Å². The molecule has 0 unspecified atom stereocenters. The quantitative estimate of drug-likeness (QED) is 0.767. The smallest absolute Gasteiger partial charge is 0.392 e. The summed E-state index contributed by atoms with van der Waals surface area (Å²) in [6.45, 7) is 2.12. The SMILES string of the molecule is CCCOc1cscc1OCCC(F)(F)F. The first-order chi connectivity index (χ1) is 7.53. The van der Waals surface area contributed by atoms with Crippen molar-refractivity contribution < 1.29 is 22.6 Å². The topological polar surface area (TPSA) is 18.5 Å². The first-order valence-electron chi connectivity index (χ1n) is 4.91. The number of alkyl halides is 3. The van der Waals surface area contributed by atoms with Crippen LogP contribution in [-0.2, 0) is 0 Å². The fraction of sp³-hybridized carbons (Fsp3) is 0.600. The average Bonchev–Trinajstić information content (AvgIpc) is 2.60. The molecule has 6 heteroatoms. The summed E-state index contributed by atoms with van der Waals surface area (Å²) < 4.78 is 46.0. The minimum Gasteiger partial charge on any atom is -0.489 e. The van der Waals surface area contributed by atoms with E-state index in [1.165, 1.54) is 11.3 Å². The average molecular weight is 254 g/mol. The van der Waals surface area contributed by atoms with Gasteiger partial charge >= 0.3 is 6.18 Å². The van der Waals surface area contributed by atoms with Crippen LogP contribution in [-0.4, -0.2) is 19.4 Å². The number of hydrogen-bond acceptors (Lipinski definition) is 3. The summed E-state index contributed by atoms with van der Waals surface area (Å²) in [4.78, 5) is 0. The molecule has 0 aliphatic heterocycles. The van der Waals surface area contributed by atoms with Crippen LogP contribution in [0.1, 0.15) is 19.8 Å². The van der Waals surface area contributed by atoms with Crippen LogP contribution in [0.5, 0.6) is 11.5 Å². The highest BCUT2D eigenvalue weighted by Crippen LogP contribution is 2.32. The lowest BCUT2D eigenvalue weighted by atomic mass is 10.4. The van der Waals surface area contributed by atoms with Crippen molar-refractivity contribution >= 4 is 11.3 Å². The van der Waals surface area contributed by atoms with Gasteiger partial charge in [-0.05, 0) is 6.42 Å². The van der Waals surface area contributed by atoms with E-state index >= 15 is 0 Å². The number of thiophene rings is 1. The minimum absolute atomic E-state index is 0.372. The molecule has 0 spiro atoms. The van der Waals surface area contributed by atoms with Gasteiger partial charge in [0, 0.05) is 10.8 Å². The van der Waals surface area contributed by atoms with Crippen molar-refractivity contribution in [2.45, 2.75) is 25.9 Å². The molecule has 16 heavy (non-hydrogen) atoms. The third-order valence-corrected chi connectivity index (χ3v) is 2.40. The molecule has 0 atom stereocenters. The predicted octanol–water partition coefficient (Wildman–Crippen LogP) is 3.87. The lowest BCUT2D eigenvalue weighted by molar-refractivity contribution is -0.139. The second-order valence-electron chi connectivity index (χ2n) is 3.16. The monoisotopic (exact) mass is 254 g/mol. The normalized spacial score (nSPS) is 11.5. The molecule has 0 saturated heterocycles. The maximum atomic E-state index is 11.9. The highest BCUT2D eigenvalue weighted by molar-refractivity contribution is 7.08. The molecule has 0 amide bonds. The van der Waals surface area contributed by atoms with Crippen LogP contribution in [0.15, 0.2) is 10.8 Å². The Kier molecular flexibility index (Phi) is 4.92. The number of ether oxygens (including phenoxy) is 2. The van der Waals surface area contributed by atoms with Crippen molar-refractivity contribution in [2.24, 2.45) is 0 Å². The van der Waals surface area contributed by atoms with Gasteiger partial charge in [0.25, 0.3) is 0 Å². The fourth-order valence-corrected chi connectivity index (χ4v) is 1.66. The third kappa shape index (κ3) is 4.74. The Balaban J connectivity index is 2.38. The van der Waals surface area contributed by atoms with Gasteiger partial charge in [0.15, 0.2) is 11.5 Å². The lowest BCUT2D eigenvalue weighted by Gasteiger charge is -2.09. The first kappa shape index (κ1) is 13.2. The molecule has 0 radical (unpaired) electrons. The van der Waals surface area contributed by atoms with E-state index in [4.69, 9.17) is 9.47 Å². The highest BCUT2D eigenvalue weighted by atomic mass is 32.1. The molecule has 1 rings (SSSR count). The Labute approximate surface area is 96.0 Å². The van der Waals surface area contributed by atoms with Gasteiger partial charge in [-0.15, -0.1) is 11.3 Å². The Morgan fingerprint density at radius 1 is 1.12 bits per heavy atom. The van der Waals surface area contributed by atoms with Crippen molar-refractivity contribution in [3.05, 3.63) is 10.8 Å². The van der Waals surface area contributed by atoms with Crippen LogP contribution >= 0.6 is 11.3 Å². The summed E-state index contributed by atoms with van der Waals surface area (Å²) >= 11 is 1.34. The summed E-state index contributed by atoms with van der Waals surface area (Å²) in [6.07, 6.45) is -4.28. The largest absolute Gasteiger partial charge is 0.489 e. The third-order valence-electron chi connectivity index (χ3n) is 1.70. The van der Waals surface area contributed by atoms with Gasteiger partial charge in [-0.3, -0.25) is 0 Å². The van der Waals surface area contributed by atoms with Crippen molar-refractivity contribution in [3.8, 4) is 11.5 Å². The Morgan fingerprint density at radius 2 is 1.69 bits per heavy atom. The predicted molar refractivity (Wildman–Crippen MR) is 56.3 cm³/mol. The molecule has 0 aliphatic rings. The maximum Gasteiger partial charge on any atom is 0.392 e. The molecule has 0 aromatic carbocycles. The molecule has 0 saturated carbocycles. The maximum absolute atomic E-state index is 11.9. The van der Waals surface area contributed by atoms with E-state index in [0.29, 0.717) is 18.1 Å². The summed E-state index contributed by atoms with van der Waals surface area (Å²) in [5, 5.41) is 3.36. The molecule has 1 heterocycles. The van der Waals surface area contributed by atoms with E-state index in [9.17, 15) is 13.2 Å². The second kappa shape index (κ2) is 5.98. The van der Waals surface area contributed by atoms with Crippen LogP contribution < -0.4 is 9.47 Å². The number of halogens is 3. The molecular weight excluding hydrogens is 241 g/mol. The van der Waals surface area contributed by atoms with Crippen molar-refractivity contribution in [3.63, 3.8) is 0 Å². The van der Waals surface area contributed by atoms with Gasteiger partial charge in [0.1, 0.15) is 0 Å². The van der Waals surface area contributed by atoms with Crippen LogP contribution in [0.4, 0.5) is 13.2 Å². The zero-order chi connectivity index (χ0) is 12.0. The molecule has 0 N–H and O–H groups in total. The molecule has 1 aromatic heterocycles. The number of hydrogen-bond donors (Lipinski definition) is 0. The van der Waals surface area contributed by atoms with Crippen molar-refractivity contribution in [1.82, 2.24) is 0 Å². The minimum atomic E-state index is -4.18. The summed E-state index contributed by atoms with van der Waals surface area (Å²) in [5.41, 5.74) is 0. The van der Waals surface area contributed by atoms with Gasteiger partial charge in [0.2, 0.25) is 0 Å². The zero-order valence-corrected chi connectivity index (χ0v) is 9.66. The molecule has 0 bridgehead atoms. The Bertz CT molecular complexity index is 309. The van der Waals surface area contributed by atoms with Crippen molar-refractivity contribution in [1.29, 1.82) is 0 Å². The van der Waals surface area contributed by atoms with E-state index < -0.39 is 12.6 Å². The van der Waals surface area contributed by atoms with Gasteiger partial charge in [-0.25, -0.2) is 0 Å². The lowest BCUT2D eigenvalue weighted by Crippen LogP contribution is -2.13. The van der Waals surface area contributed by atoms with Gasteiger partial charge < -0.3 is 9.47 Å². The molecule has 2 nitrogen and oxygen atoms in total. The molecular formula is C10H13F3O2S. The van der Waals surface area contributed by atoms with Crippen LogP contribution in [0.2, 0.25) is 0 Å². The molecule has 92 valence electrons. The van der Waals surface area contributed by atoms with Crippen LogP contribution in [0, 0.1) is 0 Å². The Hall–Kier alpha value is -0.910. The summed E-state index contributed by atoms with van der Waals surface area (Å²) in [5.74, 6) is 0.914. The van der Waals surface area contributed by atoms with Crippen molar-refractivity contribution in [2.75, 3.05) is 13.2 Å². The Morgan fingerprint density at radius 3 is 2.19 bits per heavy atom. The second-order valence-corrected chi connectivity index (χ2v) is 3.91. The van der Waals surface area contributed by atoms with E-state index in [0.717, 1.165) is 6.42 Å².